The third kappa shape index (κ3) is 5.85. The SMILES string of the molecule is CCC(C)(C)C(=O)Oc1cccc(C(=O)OC(C(F)(F)F)C(F)(F)S(=O)(=O)O)c1. The second-order valence-corrected chi connectivity index (χ2v) is 8.01. The molecule has 1 atom stereocenters. The molecule has 0 saturated heterocycles. The lowest BCUT2D eigenvalue weighted by atomic mass is 9.91. The monoisotopic (exact) mass is 448 g/mol. The predicted molar refractivity (Wildman–Crippen MR) is 87.9 cm³/mol. The van der Waals surface area contributed by atoms with E-state index in [-0.39, 0.29) is 5.75 Å². The van der Waals surface area contributed by atoms with Crippen molar-refractivity contribution in [3.63, 3.8) is 0 Å². The van der Waals surface area contributed by atoms with Crippen LogP contribution in [0.3, 0.4) is 0 Å². The molecule has 1 aromatic carbocycles. The number of halogens is 5. The maximum absolute atomic E-state index is 13.5. The molecule has 0 radical (unpaired) electrons. The Labute approximate surface area is 162 Å². The van der Waals surface area contributed by atoms with Crippen molar-refractivity contribution in [1.82, 2.24) is 0 Å². The van der Waals surface area contributed by atoms with Crippen LogP contribution >= 0.6 is 0 Å². The summed E-state index contributed by atoms with van der Waals surface area (Å²) in [6.45, 7) is 4.80. The summed E-state index contributed by atoms with van der Waals surface area (Å²) in [5.74, 6) is -2.99. The van der Waals surface area contributed by atoms with Gasteiger partial charge in [-0.15, -0.1) is 0 Å². The van der Waals surface area contributed by atoms with Gasteiger partial charge in [0, 0.05) is 0 Å². The maximum Gasteiger partial charge on any atom is 0.432 e. The summed E-state index contributed by atoms with van der Waals surface area (Å²) in [6.07, 6.45) is -10.1. The van der Waals surface area contributed by atoms with E-state index < -0.39 is 50.6 Å². The number of rotatable bonds is 7. The van der Waals surface area contributed by atoms with Gasteiger partial charge in [0.15, 0.2) is 0 Å². The van der Waals surface area contributed by atoms with Crippen LogP contribution in [0.4, 0.5) is 22.0 Å². The lowest BCUT2D eigenvalue weighted by Gasteiger charge is -2.26. The Morgan fingerprint density at radius 2 is 1.69 bits per heavy atom. The summed E-state index contributed by atoms with van der Waals surface area (Å²) in [7, 11) is -6.56. The highest BCUT2D eigenvalue weighted by Gasteiger charge is 2.66. The molecule has 1 N–H and O–H groups in total. The van der Waals surface area contributed by atoms with Crippen molar-refractivity contribution >= 4 is 22.1 Å². The first-order valence-corrected chi connectivity index (χ1v) is 9.32. The first kappa shape index (κ1) is 24.8. The fourth-order valence-corrected chi connectivity index (χ4v) is 2.16. The van der Waals surface area contributed by atoms with Gasteiger partial charge in [-0.1, -0.05) is 13.0 Å². The summed E-state index contributed by atoms with van der Waals surface area (Å²) in [4.78, 5) is 23.9. The van der Waals surface area contributed by atoms with Crippen molar-refractivity contribution in [2.45, 2.75) is 44.7 Å². The van der Waals surface area contributed by atoms with Crippen LogP contribution in [0.2, 0.25) is 0 Å². The molecule has 13 heteroatoms. The van der Waals surface area contributed by atoms with Crippen LogP contribution in [0, 0.1) is 5.41 Å². The summed E-state index contributed by atoms with van der Waals surface area (Å²) < 4.78 is 104. The third-order valence-corrected chi connectivity index (χ3v) is 4.79. The van der Waals surface area contributed by atoms with Crippen LogP contribution < -0.4 is 4.74 Å². The van der Waals surface area contributed by atoms with Crippen LogP contribution in [-0.4, -0.2) is 42.4 Å². The zero-order chi connectivity index (χ0) is 22.8. The number of alkyl halides is 5. The van der Waals surface area contributed by atoms with Crippen molar-refractivity contribution in [3.05, 3.63) is 29.8 Å². The largest absolute Gasteiger partial charge is 0.441 e. The molecule has 164 valence electrons. The Kier molecular flexibility index (Phi) is 7.02. The summed E-state index contributed by atoms with van der Waals surface area (Å²) in [5.41, 5.74) is -1.65. The molecule has 7 nitrogen and oxygen atoms in total. The number of carbonyl (C=O) groups is 2. The minimum absolute atomic E-state index is 0.281. The Morgan fingerprint density at radius 1 is 1.14 bits per heavy atom. The Bertz CT molecular complexity index is 878. The molecule has 0 fully saturated rings. The van der Waals surface area contributed by atoms with Crippen molar-refractivity contribution < 1.29 is 54.0 Å². The highest BCUT2D eigenvalue weighted by Crippen LogP contribution is 2.38. The smallest absolute Gasteiger partial charge is 0.432 e. The summed E-state index contributed by atoms with van der Waals surface area (Å²) >= 11 is 0. The Balaban J connectivity index is 3.17. The molecule has 0 aliphatic heterocycles. The van der Waals surface area contributed by atoms with E-state index in [1.165, 1.54) is 6.07 Å². The first-order chi connectivity index (χ1) is 12.9. The number of hydrogen-bond acceptors (Lipinski definition) is 6. The van der Waals surface area contributed by atoms with Gasteiger partial charge < -0.3 is 9.47 Å². The van der Waals surface area contributed by atoms with E-state index in [1.807, 2.05) is 0 Å². The molecule has 0 spiro atoms. The van der Waals surface area contributed by atoms with E-state index in [4.69, 9.17) is 9.29 Å². The molecule has 0 amide bonds. The number of hydrogen-bond donors (Lipinski definition) is 1. The van der Waals surface area contributed by atoms with Crippen LogP contribution in [0.5, 0.6) is 5.75 Å². The lowest BCUT2D eigenvalue weighted by Crippen LogP contribution is -2.52. The molecule has 0 saturated carbocycles. The normalized spacial score (nSPS) is 14.2. The fraction of sp³-hybridized carbons (Fsp3) is 0.500. The summed E-state index contributed by atoms with van der Waals surface area (Å²) in [6, 6.07) is 3.87. The van der Waals surface area contributed by atoms with Gasteiger partial charge >= 0.3 is 33.5 Å². The molecule has 0 aromatic heterocycles. The van der Waals surface area contributed by atoms with E-state index in [2.05, 4.69) is 4.74 Å². The average molecular weight is 448 g/mol. The fourth-order valence-electron chi connectivity index (χ4n) is 1.71. The van der Waals surface area contributed by atoms with Gasteiger partial charge in [-0.3, -0.25) is 9.35 Å². The van der Waals surface area contributed by atoms with Crippen LogP contribution in [-0.2, 0) is 19.6 Å². The van der Waals surface area contributed by atoms with Gasteiger partial charge in [0.25, 0.3) is 6.10 Å². The molecule has 1 aromatic rings. The van der Waals surface area contributed by atoms with Crippen molar-refractivity contribution in [2.75, 3.05) is 0 Å². The van der Waals surface area contributed by atoms with E-state index in [9.17, 15) is 40.0 Å². The van der Waals surface area contributed by atoms with Gasteiger partial charge in [-0.25, -0.2) is 4.79 Å². The van der Waals surface area contributed by atoms with Crippen molar-refractivity contribution in [1.29, 1.82) is 0 Å². The number of carbonyl (C=O) groups excluding carboxylic acids is 2. The zero-order valence-corrected chi connectivity index (χ0v) is 16.1. The Morgan fingerprint density at radius 3 is 2.14 bits per heavy atom. The molecule has 1 rings (SSSR count). The van der Waals surface area contributed by atoms with Crippen LogP contribution in [0.15, 0.2) is 24.3 Å². The van der Waals surface area contributed by atoms with Gasteiger partial charge in [-0.05, 0) is 38.5 Å². The molecular formula is C16H17F5O7S. The average Bonchev–Trinajstić information content (AvgIpc) is 2.57. The van der Waals surface area contributed by atoms with E-state index in [0.717, 1.165) is 18.2 Å². The van der Waals surface area contributed by atoms with Gasteiger partial charge in [0.1, 0.15) is 5.75 Å². The lowest BCUT2D eigenvalue weighted by molar-refractivity contribution is -0.248. The van der Waals surface area contributed by atoms with Crippen LogP contribution in [0.1, 0.15) is 37.6 Å². The topological polar surface area (TPSA) is 107 Å². The van der Waals surface area contributed by atoms with E-state index >= 15 is 0 Å². The second kappa shape index (κ2) is 8.22. The minimum Gasteiger partial charge on any atom is -0.441 e. The Hall–Kier alpha value is -2.28. The summed E-state index contributed by atoms with van der Waals surface area (Å²) in [5, 5.41) is -5.85. The van der Waals surface area contributed by atoms with Crippen molar-refractivity contribution in [3.8, 4) is 5.75 Å². The predicted octanol–water partition coefficient (Wildman–Crippen LogP) is 3.60. The number of esters is 2. The standard InChI is InChI=1S/C16H17F5O7S/c1-4-14(2,3)13(23)27-10-7-5-6-9(8-10)11(22)28-12(15(17,18)19)16(20,21)29(24,25)26/h5-8,12H,4H2,1-3H3,(H,24,25,26). The minimum atomic E-state index is -6.56. The van der Waals surface area contributed by atoms with Crippen molar-refractivity contribution in [2.24, 2.45) is 5.41 Å². The molecule has 0 aliphatic carbocycles. The number of benzene rings is 1. The molecule has 1 unspecified atom stereocenters. The first-order valence-electron chi connectivity index (χ1n) is 7.88. The van der Waals surface area contributed by atoms with E-state index in [1.54, 1.807) is 20.8 Å². The van der Waals surface area contributed by atoms with Crippen LogP contribution in [0.25, 0.3) is 0 Å². The van der Waals surface area contributed by atoms with Gasteiger partial charge in [0.05, 0.1) is 11.0 Å². The molecule has 0 bridgehead atoms. The highest BCUT2D eigenvalue weighted by atomic mass is 32.2. The zero-order valence-electron chi connectivity index (χ0n) is 15.3. The highest BCUT2D eigenvalue weighted by molar-refractivity contribution is 7.86. The molecule has 0 heterocycles. The maximum atomic E-state index is 13.5. The molecular weight excluding hydrogens is 431 g/mol. The van der Waals surface area contributed by atoms with Gasteiger partial charge in [0.2, 0.25) is 0 Å². The van der Waals surface area contributed by atoms with E-state index in [0.29, 0.717) is 6.42 Å². The molecule has 29 heavy (non-hydrogen) atoms. The van der Waals surface area contributed by atoms with Gasteiger partial charge in [-0.2, -0.15) is 30.4 Å². The second-order valence-electron chi connectivity index (χ2n) is 6.52. The quantitative estimate of drug-likeness (QED) is 0.294. The number of ether oxygens (including phenoxy) is 2. The molecule has 0 aliphatic rings. The third-order valence-electron chi connectivity index (χ3n) is 3.89.